The molecule has 0 atom stereocenters. The van der Waals surface area contributed by atoms with Gasteiger partial charge in [0, 0.05) is 0 Å². The Morgan fingerprint density at radius 3 is 2.40 bits per heavy atom. The van der Waals surface area contributed by atoms with Gasteiger partial charge in [-0.1, -0.05) is 61.7 Å². The molecule has 0 N–H and O–H groups in total. The second-order valence-electron chi connectivity index (χ2n) is 2.21. The van der Waals surface area contributed by atoms with E-state index >= 15 is 0 Å². The number of hydrogen-bond donors (Lipinski definition) is 0. The Hall–Kier alpha value is 0.180. The molecule has 0 amide bonds. The Bertz CT molecular complexity index is 218. The molecular formula is C8H8Br2. The van der Waals surface area contributed by atoms with Crippen LogP contribution in [0.2, 0.25) is 0 Å². The Morgan fingerprint density at radius 2 is 2.00 bits per heavy atom. The van der Waals surface area contributed by atoms with E-state index in [9.17, 15) is 0 Å². The van der Waals surface area contributed by atoms with Crippen LogP contribution in [-0.4, -0.2) is 0 Å². The van der Waals surface area contributed by atoms with E-state index in [0.29, 0.717) is 0 Å². The van der Waals surface area contributed by atoms with Crippen LogP contribution in [0.4, 0.5) is 0 Å². The lowest BCUT2D eigenvalue weighted by Gasteiger charge is -2.01. The van der Waals surface area contributed by atoms with E-state index in [-0.39, 0.29) is 3.74 Å². The first-order valence-corrected chi connectivity index (χ1v) is 4.88. The molecule has 0 nitrogen and oxygen atoms in total. The molecule has 2 heteroatoms. The maximum atomic E-state index is 3.43. The van der Waals surface area contributed by atoms with E-state index in [2.05, 4.69) is 63.0 Å². The van der Waals surface area contributed by atoms with Crippen molar-refractivity contribution >= 4 is 31.9 Å². The first kappa shape index (κ1) is 8.28. The van der Waals surface area contributed by atoms with Crippen molar-refractivity contribution < 1.29 is 0 Å². The summed E-state index contributed by atoms with van der Waals surface area (Å²) in [5.74, 6) is 0. The maximum absolute atomic E-state index is 3.43. The van der Waals surface area contributed by atoms with Gasteiger partial charge < -0.3 is 0 Å². The zero-order chi connectivity index (χ0) is 7.56. The topological polar surface area (TPSA) is 0 Å². The molecule has 1 aromatic carbocycles. The molecule has 1 rings (SSSR count). The molecule has 10 heavy (non-hydrogen) atoms. The second-order valence-corrected chi connectivity index (χ2v) is 5.27. The minimum absolute atomic E-state index is 0.278. The molecular weight excluding hydrogens is 256 g/mol. The van der Waals surface area contributed by atoms with Crippen LogP contribution in [0.5, 0.6) is 0 Å². The fraction of sp³-hybridized carbons (Fsp3) is 0.250. The Balaban J connectivity index is 2.96. The van der Waals surface area contributed by atoms with Crippen LogP contribution in [-0.2, 0) is 0 Å². The van der Waals surface area contributed by atoms with Crippen LogP contribution in [0, 0.1) is 6.92 Å². The SMILES string of the molecule is Cc1cccc(C(Br)Br)c1. The third-order valence-corrected chi connectivity index (χ3v) is 2.35. The average Bonchev–Trinajstić information content (AvgIpc) is 1.88. The van der Waals surface area contributed by atoms with Crippen molar-refractivity contribution in [3.8, 4) is 0 Å². The van der Waals surface area contributed by atoms with Crippen LogP contribution in [0.25, 0.3) is 0 Å². The lowest BCUT2D eigenvalue weighted by molar-refractivity contribution is 1.36. The van der Waals surface area contributed by atoms with E-state index in [1.807, 2.05) is 0 Å². The van der Waals surface area contributed by atoms with Crippen LogP contribution in [0.1, 0.15) is 14.9 Å². The molecule has 0 aliphatic carbocycles. The third-order valence-electron chi connectivity index (χ3n) is 1.29. The quantitative estimate of drug-likeness (QED) is 0.677. The molecule has 0 spiro atoms. The van der Waals surface area contributed by atoms with Gasteiger partial charge in [0.05, 0.1) is 3.74 Å². The van der Waals surface area contributed by atoms with Gasteiger partial charge in [-0.15, -0.1) is 0 Å². The lowest BCUT2D eigenvalue weighted by atomic mass is 10.2. The smallest absolute Gasteiger partial charge is 0.0712 e. The molecule has 0 radical (unpaired) electrons. The highest BCUT2D eigenvalue weighted by molar-refractivity contribution is 9.24. The molecule has 0 aliphatic rings. The molecule has 0 saturated heterocycles. The monoisotopic (exact) mass is 262 g/mol. The Labute approximate surface area is 77.9 Å². The van der Waals surface area contributed by atoms with E-state index in [0.717, 1.165) is 0 Å². The summed E-state index contributed by atoms with van der Waals surface area (Å²) in [5.41, 5.74) is 2.56. The molecule has 0 heterocycles. The summed E-state index contributed by atoms with van der Waals surface area (Å²) >= 11 is 6.87. The first-order valence-electron chi connectivity index (χ1n) is 3.05. The zero-order valence-electron chi connectivity index (χ0n) is 5.64. The number of alkyl halides is 2. The summed E-state index contributed by atoms with van der Waals surface area (Å²) in [6, 6.07) is 8.38. The Kier molecular flexibility index (Phi) is 2.93. The number of aryl methyl sites for hydroxylation is 1. The summed E-state index contributed by atoms with van der Waals surface area (Å²) in [6.45, 7) is 2.09. The van der Waals surface area contributed by atoms with Gasteiger partial charge in [-0.05, 0) is 12.5 Å². The van der Waals surface area contributed by atoms with Gasteiger partial charge in [0.25, 0.3) is 0 Å². The Morgan fingerprint density at radius 1 is 1.30 bits per heavy atom. The number of rotatable bonds is 1. The van der Waals surface area contributed by atoms with Crippen molar-refractivity contribution in [2.24, 2.45) is 0 Å². The number of halogens is 2. The van der Waals surface area contributed by atoms with Gasteiger partial charge in [0.1, 0.15) is 0 Å². The van der Waals surface area contributed by atoms with Gasteiger partial charge in [-0.2, -0.15) is 0 Å². The van der Waals surface area contributed by atoms with E-state index in [4.69, 9.17) is 0 Å². The van der Waals surface area contributed by atoms with E-state index in [1.54, 1.807) is 0 Å². The van der Waals surface area contributed by atoms with Crippen molar-refractivity contribution in [1.82, 2.24) is 0 Å². The van der Waals surface area contributed by atoms with Crippen LogP contribution in [0.15, 0.2) is 24.3 Å². The average molecular weight is 264 g/mol. The minimum atomic E-state index is 0.278. The summed E-state index contributed by atoms with van der Waals surface area (Å²) < 4.78 is 0.278. The summed E-state index contributed by atoms with van der Waals surface area (Å²) in [7, 11) is 0. The van der Waals surface area contributed by atoms with Crippen molar-refractivity contribution in [3.05, 3.63) is 35.4 Å². The molecule has 1 aromatic rings. The van der Waals surface area contributed by atoms with Crippen LogP contribution >= 0.6 is 31.9 Å². The maximum Gasteiger partial charge on any atom is 0.0946 e. The fourth-order valence-corrected chi connectivity index (χ4v) is 1.38. The predicted molar refractivity (Wildman–Crippen MR) is 51.8 cm³/mol. The largest absolute Gasteiger partial charge is 0.0946 e. The predicted octanol–water partition coefficient (Wildman–Crippen LogP) is 3.78. The van der Waals surface area contributed by atoms with Crippen molar-refractivity contribution in [1.29, 1.82) is 0 Å². The molecule has 0 fully saturated rings. The zero-order valence-corrected chi connectivity index (χ0v) is 8.81. The number of benzene rings is 1. The highest BCUT2D eigenvalue weighted by Gasteiger charge is 1.99. The van der Waals surface area contributed by atoms with E-state index in [1.165, 1.54) is 11.1 Å². The second kappa shape index (κ2) is 3.54. The highest BCUT2D eigenvalue weighted by atomic mass is 79.9. The normalized spacial score (nSPS) is 10.4. The van der Waals surface area contributed by atoms with Gasteiger partial charge in [0.2, 0.25) is 0 Å². The van der Waals surface area contributed by atoms with Gasteiger partial charge in [-0.25, -0.2) is 0 Å². The summed E-state index contributed by atoms with van der Waals surface area (Å²) in [5, 5.41) is 0. The van der Waals surface area contributed by atoms with Gasteiger partial charge in [0.15, 0.2) is 0 Å². The fourth-order valence-electron chi connectivity index (χ4n) is 0.806. The molecule has 54 valence electrons. The molecule has 0 aliphatic heterocycles. The highest BCUT2D eigenvalue weighted by Crippen LogP contribution is 2.28. The van der Waals surface area contributed by atoms with Crippen molar-refractivity contribution in [3.63, 3.8) is 0 Å². The van der Waals surface area contributed by atoms with Crippen molar-refractivity contribution in [2.75, 3.05) is 0 Å². The van der Waals surface area contributed by atoms with Gasteiger partial charge in [-0.3, -0.25) is 0 Å². The van der Waals surface area contributed by atoms with Crippen LogP contribution < -0.4 is 0 Å². The minimum Gasteiger partial charge on any atom is -0.0712 e. The lowest BCUT2D eigenvalue weighted by Crippen LogP contribution is -1.80. The van der Waals surface area contributed by atoms with Crippen molar-refractivity contribution in [2.45, 2.75) is 10.7 Å². The standard InChI is InChI=1S/C8H8Br2/c1-6-3-2-4-7(5-6)8(9)10/h2-5,8H,1H3. The first-order chi connectivity index (χ1) is 4.70. The third kappa shape index (κ3) is 2.10. The molecule has 0 saturated carbocycles. The summed E-state index contributed by atoms with van der Waals surface area (Å²) in [6.07, 6.45) is 0. The van der Waals surface area contributed by atoms with Crippen LogP contribution in [0.3, 0.4) is 0 Å². The number of hydrogen-bond acceptors (Lipinski definition) is 0. The molecule has 0 bridgehead atoms. The molecule has 0 aromatic heterocycles. The van der Waals surface area contributed by atoms with Gasteiger partial charge >= 0.3 is 0 Å². The molecule has 0 unspecified atom stereocenters. The summed E-state index contributed by atoms with van der Waals surface area (Å²) in [4.78, 5) is 0. The van der Waals surface area contributed by atoms with E-state index < -0.39 is 0 Å².